The predicted molar refractivity (Wildman–Crippen MR) is 27.3 cm³/mol. The maximum Gasteiger partial charge on any atom is 0.414 e. The number of aliphatic carboxylic acids is 2. The molecular formula is C2H8N2O5. The first-order chi connectivity index (χ1) is 3.64. The van der Waals surface area contributed by atoms with E-state index < -0.39 is 11.9 Å². The van der Waals surface area contributed by atoms with Crippen LogP contribution in [-0.2, 0) is 9.59 Å². The lowest BCUT2D eigenvalue weighted by Gasteiger charge is -1.72. The van der Waals surface area contributed by atoms with Gasteiger partial charge in [-0.3, -0.25) is 11.7 Å². The lowest BCUT2D eigenvalue weighted by Crippen LogP contribution is -2.09. The molecule has 0 bridgehead atoms. The summed E-state index contributed by atoms with van der Waals surface area (Å²) in [4.78, 5) is 18.2. The first-order valence-corrected chi connectivity index (χ1v) is 1.44. The van der Waals surface area contributed by atoms with Gasteiger partial charge in [0.05, 0.1) is 0 Å². The van der Waals surface area contributed by atoms with Crippen molar-refractivity contribution in [3.63, 3.8) is 0 Å². The topological polar surface area (TPSA) is 158 Å². The molecule has 0 aromatic carbocycles. The largest absolute Gasteiger partial charge is 0.473 e. The van der Waals surface area contributed by atoms with Gasteiger partial charge in [0.1, 0.15) is 0 Å². The SMILES string of the molecule is NN.O.O=C(O)C(=O)O. The van der Waals surface area contributed by atoms with E-state index in [-0.39, 0.29) is 5.48 Å². The molecule has 0 unspecified atom stereocenters. The molecule has 7 nitrogen and oxygen atoms in total. The summed E-state index contributed by atoms with van der Waals surface area (Å²) in [5, 5.41) is 14.8. The molecule has 0 aliphatic heterocycles. The Morgan fingerprint density at radius 1 is 1.00 bits per heavy atom. The van der Waals surface area contributed by atoms with Crippen LogP contribution in [0.4, 0.5) is 0 Å². The minimum atomic E-state index is -1.82. The summed E-state index contributed by atoms with van der Waals surface area (Å²) >= 11 is 0. The Morgan fingerprint density at radius 2 is 1.11 bits per heavy atom. The molecule has 8 N–H and O–H groups in total. The Kier molecular flexibility index (Phi) is 17.3. The average molecular weight is 140 g/mol. The van der Waals surface area contributed by atoms with Crippen molar-refractivity contribution in [3.05, 3.63) is 0 Å². The monoisotopic (exact) mass is 140 g/mol. The minimum absolute atomic E-state index is 0. The normalized spacial score (nSPS) is 5.56. The third-order valence-electron chi connectivity index (χ3n) is 0.183. The Hall–Kier alpha value is -1.18. The van der Waals surface area contributed by atoms with Gasteiger partial charge in [0, 0.05) is 0 Å². The molecule has 0 amide bonds. The zero-order chi connectivity index (χ0) is 7.15. The van der Waals surface area contributed by atoms with Crippen LogP contribution < -0.4 is 11.7 Å². The third kappa shape index (κ3) is 19.9. The number of carbonyl (C=O) groups is 2. The molecule has 0 aromatic heterocycles. The van der Waals surface area contributed by atoms with Crippen LogP contribution in [0, 0.1) is 0 Å². The summed E-state index contributed by atoms with van der Waals surface area (Å²) in [5.41, 5.74) is 0. The first-order valence-electron chi connectivity index (χ1n) is 1.44. The highest BCUT2D eigenvalue weighted by Gasteiger charge is 2.04. The molecule has 0 aromatic rings. The van der Waals surface area contributed by atoms with Crippen molar-refractivity contribution in [3.8, 4) is 0 Å². The van der Waals surface area contributed by atoms with Crippen LogP contribution in [0.5, 0.6) is 0 Å². The number of carboxylic acid groups (broad SMARTS) is 2. The van der Waals surface area contributed by atoms with Gasteiger partial charge in [-0.05, 0) is 0 Å². The van der Waals surface area contributed by atoms with E-state index in [0.717, 1.165) is 0 Å². The van der Waals surface area contributed by atoms with Crippen molar-refractivity contribution in [1.29, 1.82) is 0 Å². The molecule has 9 heavy (non-hydrogen) atoms. The molecule has 0 aliphatic rings. The smallest absolute Gasteiger partial charge is 0.414 e. The van der Waals surface area contributed by atoms with Gasteiger partial charge in [0.2, 0.25) is 0 Å². The number of hydrogen-bond acceptors (Lipinski definition) is 4. The molecule has 0 spiro atoms. The summed E-state index contributed by atoms with van der Waals surface area (Å²) < 4.78 is 0. The fraction of sp³-hybridized carbons (Fsp3) is 0. The lowest BCUT2D eigenvalue weighted by molar-refractivity contribution is -0.159. The highest BCUT2D eigenvalue weighted by Crippen LogP contribution is 1.56. The fourth-order valence-electron chi connectivity index (χ4n) is 0. The van der Waals surface area contributed by atoms with E-state index in [9.17, 15) is 0 Å². The van der Waals surface area contributed by atoms with Gasteiger partial charge in [-0.25, -0.2) is 9.59 Å². The van der Waals surface area contributed by atoms with Crippen LogP contribution in [0.1, 0.15) is 0 Å². The van der Waals surface area contributed by atoms with Crippen molar-refractivity contribution in [2.24, 2.45) is 11.7 Å². The number of nitrogens with two attached hydrogens (primary N) is 2. The van der Waals surface area contributed by atoms with Gasteiger partial charge < -0.3 is 15.7 Å². The predicted octanol–water partition coefficient (Wildman–Crippen LogP) is -2.85. The Balaban J connectivity index is -0.000000109. The van der Waals surface area contributed by atoms with E-state index in [2.05, 4.69) is 11.7 Å². The quantitative estimate of drug-likeness (QED) is 0.161. The molecule has 0 saturated heterocycles. The second-order valence-electron chi connectivity index (χ2n) is 0.610. The molecular weight excluding hydrogens is 132 g/mol. The van der Waals surface area contributed by atoms with Crippen molar-refractivity contribution in [2.45, 2.75) is 0 Å². The van der Waals surface area contributed by atoms with Crippen LogP contribution in [0.3, 0.4) is 0 Å². The Labute approximate surface area is 50.2 Å². The van der Waals surface area contributed by atoms with Crippen LogP contribution in [0.2, 0.25) is 0 Å². The highest BCUT2D eigenvalue weighted by atomic mass is 16.4. The van der Waals surface area contributed by atoms with Gasteiger partial charge in [0.15, 0.2) is 0 Å². The van der Waals surface area contributed by atoms with Gasteiger partial charge >= 0.3 is 11.9 Å². The minimum Gasteiger partial charge on any atom is -0.473 e. The Bertz CT molecular complexity index is 79.0. The maximum absolute atomic E-state index is 9.10. The van der Waals surface area contributed by atoms with Crippen LogP contribution in [0.25, 0.3) is 0 Å². The van der Waals surface area contributed by atoms with Crippen LogP contribution >= 0.6 is 0 Å². The summed E-state index contributed by atoms with van der Waals surface area (Å²) in [7, 11) is 0. The molecule has 7 heteroatoms. The second-order valence-corrected chi connectivity index (χ2v) is 0.610. The molecule has 0 fully saturated rings. The summed E-state index contributed by atoms with van der Waals surface area (Å²) in [6, 6.07) is 0. The van der Waals surface area contributed by atoms with Crippen molar-refractivity contribution in [1.82, 2.24) is 0 Å². The number of hydrazine groups is 1. The lowest BCUT2D eigenvalue weighted by atomic mass is 10.7. The summed E-state index contributed by atoms with van der Waals surface area (Å²) in [6.45, 7) is 0. The zero-order valence-corrected chi connectivity index (χ0v) is 4.37. The van der Waals surface area contributed by atoms with Gasteiger partial charge in [-0.15, -0.1) is 0 Å². The van der Waals surface area contributed by atoms with E-state index in [1.54, 1.807) is 0 Å². The van der Waals surface area contributed by atoms with E-state index in [4.69, 9.17) is 19.8 Å². The second kappa shape index (κ2) is 9.94. The summed E-state index contributed by atoms with van der Waals surface area (Å²) in [6.07, 6.45) is 0. The van der Waals surface area contributed by atoms with Gasteiger partial charge in [-0.1, -0.05) is 0 Å². The molecule has 56 valence electrons. The standard InChI is InChI=1S/C2H2O4.H4N2.H2O/c3-1(4)2(5)6;1-2;/h(H,3,4)(H,5,6);1-2H2;1H2. The van der Waals surface area contributed by atoms with E-state index in [1.807, 2.05) is 0 Å². The molecule has 0 saturated carbocycles. The van der Waals surface area contributed by atoms with E-state index >= 15 is 0 Å². The third-order valence-corrected chi connectivity index (χ3v) is 0.183. The number of carboxylic acids is 2. The molecule has 0 heterocycles. The molecule has 0 aliphatic carbocycles. The zero-order valence-electron chi connectivity index (χ0n) is 4.37. The number of hydrogen-bond donors (Lipinski definition) is 4. The highest BCUT2D eigenvalue weighted by molar-refractivity contribution is 6.27. The van der Waals surface area contributed by atoms with Crippen molar-refractivity contribution in [2.75, 3.05) is 0 Å². The van der Waals surface area contributed by atoms with Crippen LogP contribution in [0.15, 0.2) is 0 Å². The van der Waals surface area contributed by atoms with Gasteiger partial charge in [-0.2, -0.15) is 0 Å². The Morgan fingerprint density at radius 3 is 1.11 bits per heavy atom. The van der Waals surface area contributed by atoms with E-state index in [1.165, 1.54) is 0 Å². The van der Waals surface area contributed by atoms with Crippen molar-refractivity contribution < 1.29 is 25.3 Å². The molecule has 0 rings (SSSR count). The molecule has 0 radical (unpaired) electrons. The van der Waals surface area contributed by atoms with E-state index in [0.29, 0.717) is 0 Å². The maximum atomic E-state index is 9.10. The van der Waals surface area contributed by atoms with Crippen LogP contribution in [-0.4, -0.2) is 27.6 Å². The fourth-order valence-corrected chi connectivity index (χ4v) is 0. The summed E-state index contributed by atoms with van der Waals surface area (Å²) in [5.74, 6) is 4.35. The molecule has 0 atom stereocenters. The first kappa shape index (κ1) is 15.7. The van der Waals surface area contributed by atoms with Crippen molar-refractivity contribution >= 4 is 11.9 Å². The van der Waals surface area contributed by atoms with Gasteiger partial charge in [0.25, 0.3) is 0 Å². The average Bonchev–Trinajstić information content (AvgIpc) is 1.72. The number of rotatable bonds is 0.